The molecule has 8 heteroatoms. The predicted molar refractivity (Wildman–Crippen MR) is 107 cm³/mol. The van der Waals surface area contributed by atoms with Crippen molar-refractivity contribution in [3.63, 3.8) is 0 Å². The maximum absolute atomic E-state index is 11.4. The van der Waals surface area contributed by atoms with E-state index < -0.39 is 0 Å². The lowest BCUT2D eigenvalue weighted by atomic mass is 10.2. The van der Waals surface area contributed by atoms with Crippen LogP contribution in [0.2, 0.25) is 0 Å². The van der Waals surface area contributed by atoms with Gasteiger partial charge in [0.15, 0.2) is 5.96 Å². The normalized spacial score (nSPS) is 21.5. The fourth-order valence-electron chi connectivity index (χ4n) is 3.31. The maximum Gasteiger partial charge on any atom is 0.219 e. The highest BCUT2D eigenvalue weighted by Crippen LogP contribution is 2.11. The number of amides is 1. The van der Waals surface area contributed by atoms with Gasteiger partial charge in [0.1, 0.15) is 0 Å². The van der Waals surface area contributed by atoms with Gasteiger partial charge in [-0.2, -0.15) is 0 Å². The zero-order valence-corrected chi connectivity index (χ0v) is 17.0. The molecular weight excluding hydrogens is 346 g/mol. The van der Waals surface area contributed by atoms with E-state index in [1.54, 1.807) is 6.92 Å². The third kappa shape index (κ3) is 8.90. The molecule has 0 saturated carbocycles. The van der Waals surface area contributed by atoms with Crippen molar-refractivity contribution < 1.29 is 14.3 Å². The Balaban J connectivity index is 1.54. The number of piperazine rings is 1. The van der Waals surface area contributed by atoms with E-state index in [9.17, 15) is 4.79 Å². The highest BCUT2D eigenvalue weighted by Gasteiger charge is 2.18. The summed E-state index contributed by atoms with van der Waals surface area (Å²) in [6.45, 7) is 13.0. The number of nitrogens with zero attached hydrogens (tertiary/aromatic N) is 3. The Morgan fingerprint density at radius 2 is 2.07 bits per heavy atom. The van der Waals surface area contributed by atoms with Crippen LogP contribution in [0.15, 0.2) is 4.99 Å². The van der Waals surface area contributed by atoms with Gasteiger partial charge in [-0.25, -0.2) is 0 Å². The van der Waals surface area contributed by atoms with Gasteiger partial charge in [0.25, 0.3) is 0 Å². The molecular formula is C19H37N5O3. The Kier molecular flexibility index (Phi) is 10.5. The summed E-state index contributed by atoms with van der Waals surface area (Å²) in [6, 6.07) is 0. The van der Waals surface area contributed by atoms with Crippen LogP contribution in [0.25, 0.3) is 0 Å². The second kappa shape index (κ2) is 12.9. The topological polar surface area (TPSA) is 78.4 Å². The first-order valence-electron chi connectivity index (χ1n) is 10.4. The molecule has 2 N–H and O–H groups in total. The van der Waals surface area contributed by atoms with Crippen molar-refractivity contribution in [2.24, 2.45) is 4.99 Å². The summed E-state index contributed by atoms with van der Waals surface area (Å²) in [6.07, 6.45) is 3.49. The predicted octanol–water partition coefficient (Wildman–Crippen LogP) is 0.291. The molecule has 0 radical (unpaired) electrons. The van der Waals surface area contributed by atoms with Crippen LogP contribution in [-0.2, 0) is 14.3 Å². The average Bonchev–Trinajstić information content (AvgIpc) is 3.18. The first kappa shape index (κ1) is 21.9. The van der Waals surface area contributed by atoms with Crippen LogP contribution in [0.4, 0.5) is 0 Å². The molecule has 2 fully saturated rings. The van der Waals surface area contributed by atoms with Gasteiger partial charge in [-0.1, -0.05) is 0 Å². The molecule has 0 aromatic carbocycles. The van der Waals surface area contributed by atoms with Crippen molar-refractivity contribution in [3.8, 4) is 0 Å². The molecule has 2 aliphatic rings. The number of rotatable bonds is 10. The molecule has 1 atom stereocenters. The molecule has 2 aliphatic heterocycles. The summed E-state index contributed by atoms with van der Waals surface area (Å²) in [5.74, 6) is 1.04. The van der Waals surface area contributed by atoms with E-state index in [-0.39, 0.29) is 5.91 Å². The minimum absolute atomic E-state index is 0.175. The van der Waals surface area contributed by atoms with E-state index in [1.807, 2.05) is 4.90 Å². The van der Waals surface area contributed by atoms with Gasteiger partial charge in [-0.15, -0.1) is 0 Å². The first-order chi connectivity index (χ1) is 13.2. The van der Waals surface area contributed by atoms with E-state index in [1.165, 1.54) is 0 Å². The van der Waals surface area contributed by atoms with Crippen LogP contribution >= 0.6 is 0 Å². The zero-order chi connectivity index (χ0) is 19.3. The summed E-state index contributed by atoms with van der Waals surface area (Å²) in [4.78, 5) is 20.3. The Morgan fingerprint density at radius 1 is 1.26 bits per heavy atom. The largest absolute Gasteiger partial charge is 0.379 e. The van der Waals surface area contributed by atoms with E-state index >= 15 is 0 Å². The monoisotopic (exact) mass is 383 g/mol. The second-order valence-electron chi connectivity index (χ2n) is 7.10. The highest BCUT2D eigenvalue weighted by molar-refractivity contribution is 5.79. The Hall–Kier alpha value is -1.38. The SMILES string of the molecule is CCNC(=NCCCOCC1CCCO1)NCCN1CCN(C(C)=O)CC1. The van der Waals surface area contributed by atoms with Crippen LogP contribution in [0, 0.1) is 0 Å². The molecule has 0 bridgehead atoms. The van der Waals surface area contributed by atoms with Crippen LogP contribution < -0.4 is 10.6 Å². The molecule has 0 aromatic heterocycles. The third-order valence-corrected chi connectivity index (χ3v) is 4.93. The summed E-state index contributed by atoms with van der Waals surface area (Å²) >= 11 is 0. The van der Waals surface area contributed by atoms with Crippen molar-refractivity contribution in [3.05, 3.63) is 0 Å². The summed E-state index contributed by atoms with van der Waals surface area (Å²) in [7, 11) is 0. The second-order valence-corrected chi connectivity index (χ2v) is 7.10. The number of carbonyl (C=O) groups is 1. The van der Waals surface area contributed by atoms with Crippen LogP contribution in [0.3, 0.4) is 0 Å². The van der Waals surface area contributed by atoms with Gasteiger partial charge >= 0.3 is 0 Å². The minimum Gasteiger partial charge on any atom is -0.379 e. The van der Waals surface area contributed by atoms with E-state index in [4.69, 9.17) is 9.47 Å². The van der Waals surface area contributed by atoms with E-state index in [2.05, 4.69) is 27.4 Å². The molecule has 2 heterocycles. The minimum atomic E-state index is 0.175. The van der Waals surface area contributed by atoms with Gasteiger partial charge in [0.2, 0.25) is 5.91 Å². The molecule has 27 heavy (non-hydrogen) atoms. The molecule has 1 amide bonds. The number of hydrogen-bond donors (Lipinski definition) is 2. The molecule has 156 valence electrons. The summed E-state index contributed by atoms with van der Waals surface area (Å²) in [5.41, 5.74) is 0. The van der Waals surface area contributed by atoms with Crippen molar-refractivity contribution in [2.75, 3.05) is 72.2 Å². The molecule has 2 rings (SSSR count). The standard InChI is InChI=1S/C19H37N5O3/c1-3-20-19(21-7-5-14-26-16-18-6-4-15-27-18)22-8-9-23-10-12-24(13-11-23)17(2)25/h18H,3-16H2,1-2H3,(H2,20,21,22). The van der Waals surface area contributed by atoms with Crippen molar-refractivity contribution in [1.29, 1.82) is 0 Å². The van der Waals surface area contributed by atoms with Gasteiger partial charge in [0, 0.05) is 72.5 Å². The molecule has 0 aliphatic carbocycles. The number of hydrogen-bond acceptors (Lipinski definition) is 5. The quantitative estimate of drug-likeness (QED) is 0.321. The Bertz CT molecular complexity index is 447. The fraction of sp³-hybridized carbons (Fsp3) is 0.895. The molecule has 2 saturated heterocycles. The number of carbonyl (C=O) groups excluding carboxylic acids is 1. The number of aliphatic imine (C=N–C) groups is 1. The van der Waals surface area contributed by atoms with E-state index in [0.717, 1.165) is 90.8 Å². The lowest BCUT2D eigenvalue weighted by molar-refractivity contribution is -0.130. The smallest absolute Gasteiger partial charge is 0.219 e. The zero-order valence-electron chi connectivity index (χ0n) is 17.0. The van der Waals surface area contributed by atoms with Gasteiger partial charge in [-0.3, -0.25) is 14.7 Å². The number of ether oxygens (including phenoxy) is 2. The maximum atomic E-state index is 11.4. The van der Waals surface area contributed by atoms with Gasteiger partial charge < -0.3 is 25.0 Å². The Morgan fingerprint density at radius 3 is 2.74 bits per heavy atom. The van der Waals surface area contributed by atoms with E-state index in [0.29, 0.717) is 12.7 Å². The molecule has 0 spiro atoms. The van der Waals surface area contributed by atoms with Crippen molar-refractivity contribution >= 4 is 11.9 Å². The van der Waals surface area contributed by atoms with Crippen LogP contribution in [0.1, 0.15) is 33.1 Å². The third-order valence-electron chi connectivity index (χ3n) is 4.93. The summed E-state index contributed by atoms with van der Waals surface area (Å²) < 4.78 is 11.2. The fourth-order valence-corrected chi connectivity index (χ4v) is 3.31. The van der Waals surface area contributed by atoms with Crippen LogP contribution in [0.5, 0.6) is 0 Å². The highest BCUT2D eigenvalue weighted by atomic mass is 16.5. The number of nitrogens with one attached hydrogen (secondary N) is 2. The number of guanidine groups is 1. The van der Waals surface area contributed by atoms with Crippen molar-refractivity contribution in [2.45, 2.75) is 39.2 Å². The summed E-state index contributed by atoms with van der Waals surface area (Å²) in [5, 5.41) is 6.68. The first-order valence-corrected chi connectivity index (χ1v) is 10.4. The molecule has 1 unspecified atom stereocenters. The van der Waals surface area contributed by atoms with Crippen molar-refractivity contribution in [1.82, 2.24) is 20.4 Å². The average molecular weight is 384 g/mol. The molecule has 0 aromatic rings. The van der Waals surface area contributed by atoms with Gasteiger partial charge in [-0.05, 0) is 26.2 Å². The Labute approximate surface area is 163 Å². The molecule has 8 nitrogen and oxygen atoms in total. The van der Waals surface area contributed by atoms with Crippen LogP contribution in [-0.4, -0.2) is 99.9 Å². The van der Waals surface area contributed by atoms with Gasteiger partial charge in [0.05, 0.1) is 12.7 Å². The lowest BCUT2D eigenvalue weighted by Gasteiger charge is -2.34. The lowest BCUT2D eigenvalue weighted by Crippen LogP contribution is -2.50.